The zero-order valence-corrected chi connectivity index (χ0v) is 14.1. The predicted molar refractivity (Wildman–Crippen MR) is 93.2 cm³/mol. The summed E-state index contributed by atoms with van der Waals surface area (Å²) in [6.45, 7) is 10.5. The Balaban J connectivity index is 1.97. The van der Waals surface area contributed by atoms with E-state index in [4.69, 9.17) is 0 Å². The van der Waals surface area contributed by atoms with Gasteiger partial charge in [-0.15, -0.1) is 0 Å². The van der Waals surface area contributed by atoms with Gasteiger partial charge in [0.2, 0.25) is 0 Å². The van der Waals surface area contributed by atoms with Crippen molar-refractivity contribution in [2.24, 2.45) is 17.8 Å². The molecule has 0 saturated heterocycles. The van der Waals surface area contributed by atoms with Crippen LogP contribution in [0.3, 0.4) is 0 Å². The number of hydrogen-bond donors (Lipinski definition) is 0. The van der Waals surface area contributed by atoms with Crippen molar-refractivity contribution >= 4 is 0 Å². The topological polar surface area (TPSA) is 3.24 Å². The summed E-state index contributed by atoms with van der Waals surface area (Å²) >= 11 is 0. The van der Waals surface area contributed by atoms with E-state index in [1.54, 1.807) is 0 Å². The highest BCUT2D eigenvalue weighted by Gasteiger charge is 2.24. The van der Waals surface area contributed by atoms with E-state index in [1.165, 1.54) is 19.4 Å². The summed E-state index contributed by atoms with van der Waals surface area (Å²) in [6, 6.07) is 1.24. The Kier molecular flexibility index (Phi) is 6.05. The molecule has 0 N–H and O–H groups in total. The molecule has 2 rings (SSSR count). The largest absolute Gasteiger partial charge is 0.298 e. The van der Waals surface area contributed by atoms with Crippen LogP contribution in [-0.2, 0) is 0 Å². The number of allylic oxidation sites excluding steroid dienone is 8. The minimum absolute atomic E-state index is 0.619. The van der Waals surface area contributed by atoms with E-state index in [0.29, 0.717) is 23.9 Å². The van der Waals surface area contributed by atoms with Gasteiger partial charge in [0.25, 0.3) is 0 Å². The van der Waals surface area contributed by atoms with Crippen molar-refractivity contribution < 1.29 is 0 Å². The lowest BCUT2D eigenvalue weighted by atomic mass is 9.86. The summed E-state index contributed by atoms with van der Waals surface area (Å²) in [4.78, 5) is 2.64. The molecule has 2 aliphatic rings. The predicted octanol–water partition coefficient (Wildman–Crippen LogP) is 4.99. The van der Waals surface area contributed by atoms with Crippen molar-refractivity contribution in [1.82, 2.24) is 4.90 Å². The van der Waals surface area contributed by atoms with Crippen LogP contribution in [0.4, 0.5) is 0 Å². The molecule has 1 atom stereocenters. The summed E-state index contributed by atoms with van der Waals surface area (Å²) < 4.78 is 0. The molecule has 0 bridgehead atoms. The second-order valence-corrected chi connectivity index (χ2v) is 7.00. The highest BCUT2D eigenvalue weighted by Crippen LogP contribution is 2.29. The van der Waals surface area contributed by atoms with Crippen molar-refractivity contribution in [3.05, 3.63) is 48.6 Å². The third-order valence-electron chi connectivity index (χ3n) is 4.79. The third-order valence-corrected chi connectivity index (χ3v) is 4.79. The zero-order valence-electron chi connectivity index (χ0n) is 14.1. The van der Waals surface area contributed by atoms with Gasteiger partial charge in [-0.2, -0.15) is 0 Å². The van der Waals surface area contributed by atoms with Gasteiger partial charge in [0.05, 0.1) is 0 Å². The second-order valence-electron chi connectivity index (χ2n) is 7.00. The number of nitrogens with zero attached hydrogens (tertiary/aromatic N) is 1. The average Bonchev–Trinajstić information content (AvgIpc) is 3.10. The summed E-state index contributed by atoms with van der Waals surface area (Å²) in [5.74, 6) is 2.01. The van der Waals surface area contributed by atoms with Gasteiger partial charge in [-0.1, -0.05) is 48.6 Å². The molecule has 0 saturated carbocycles. The van der Waals surface area contributed by atoms with E-state index in [1.807, 2.05) is 0 Å². The summed E-state index contributed by atoms with van der Waals surface area (Å²) in [6.07, 6.45) is 20.8. The first-order valence-electron chi connectivity index (χ1n) is 8.53. The van der Waals surface area contributed by atoms with Gasteiger partial charge < -0.3 is 0 Å². The molecule has 0 aromatic carbocycles. The van der Waals surface area contributed by atoms with E-state index in [0.717, 1.165) is 5.92 Å². The molecule has 21 heavy (non-hydrogen) atoms. The van der Waals surface area contributed by atoms with E-state index in [9.17, 15) is 0 Å². The Hall–Kier alpha value is -1.08. The molecule has 0 aromatic heterocycles. The lowest BCUT2D eigenvalue weighted by Gasteiger charge is -2.35. The fraction of sp³-hybridized carbons (Fsp3) is 0.600. The normalized spacial score (nSPS) is 20.0. The Bertz CT molecular complexity index is 393. The van der Waals surface area contributed by atoms with E-state index >= 15 is 0 Å². The molecule has 0 spiro atoms. The first-order chi connectivity index (χ1) is 10.1. The van der Waals surface area contributed by atoms with Crippen molar-refractivity contribution in [2.45, 2.75) is 52.6 Å². The van der Waals surface area contributed by atoms with E-state index in [2.05, 4.69) is 81.2 Å². The Morgan fingerprint density at radius 2 is 1.33 bits per heavy atom. The van der Waals surface area contributed by atoms with Crippen molar-refractivity contribution in [3.8, 4) is 0 Å². The monoisotopic (exact) mass is 285 g/mol. The van der Waals surface area contributed by atoms with Crippen LogP contribution in [0.2, 0.25) is 0 Å². The number of hydrogen-bond acceptors (Lipinski definition) is 1. The van der Waals surface area contributed by atoms with Gasteiger partial charge >= 0.3 is 0 Å². The SMILES string of the molecule is CC(C)N(CC(CCC1C=CC=C1)C1C=CC=C1)C(C)C. The highest BCUT2D eigenvalue weighted by atomic mass is 15.2. The Morgan fingerprint density at radius 1 is 0.810 bits per heavy atom. The van der Waals surface area contributed by atoms with Crippen LogP contribution < -0.4 is 0 Å². The second kappa shape index (κ2) is 7.79. The standard InChI is InChI=1S/C20H31N/c1-16(2)21(17(3)4)15-20(19-11-7-8-12-19)14-13-18-9-5-6-10-18/h5-12,16-20H,13-15H2,1-4H3. The molecular weight excluding hydrogens is 254 g/mol. The minimum atomic E-state index is 0.619. The molecular formula is C20H31N. The first-order valence-corrected chi connectivity index (χ1v) is 8.53. The number of rotatable bonds is 8. The lowest BCUT2D eigenvalue weighted by Crippen LogP contribution is -2.41. The van der Waals surface area contributed by atoms with Crippen molar-refractivity contribution in [1.29, 1.82) is 0 Å². The molecule has 0 aromatic rings. The molecule has 1 heteroatoms. The van der Waals surface area contributed by atoms with Crippen LogP contribution in [0.25, 0.3) is 0 Å². The summed E-state index contributed by atoms with van der Waals surface area (Å²) in [7, 11) is 0. The van der Waals surface area contributed by atoms with Gasteiger partial charge in [0.1, 0.15) is 0 Å². The van der Waals surface area contributed by atoms with Crippen LogP contribution in [0, 0.1) is 17.8 Å². The van der Waals surface area contributed by atoms with Gasteiger partial charge in [0.15, 0.2) is 0 Å². The molecule has 1 nitrogen and oxygen atoms in total. The maximum atomic E-state index is 2.64. The molecule has 0 radical (unpaired) electrons. The minimum Gasteiger partial charge on any atom is -0.298 e. The van der Waals surface area contributed by atoms with Gasteiger partial charge in [-0.25, -0.2) is 0 Å². The maximum absolute atomic E-state index is 2.64. The highest BCUT2D eigenvalue weighted by molar-refractivity contribution is 5.20. The van der Waals surface area contributed by atoms with Gasteiger partial charge in [-0.05, 0) is 58.3 Å². The van der Waals surface area contributed by atoms with Crippen molar-refractivity contribution in [3.63, 3.8) is 0 Å². The summed E-state index contributed by atoms with van der Waals surface area (Å²) in [5.41, 5.74) is 0. The molecule has 0 amide bonds. The Morgan fingerprint density at radius 3 is 1.86 bits per heavy atom. The van der Waals surface area contributed by atoms with Gasteiger partial charge in [-0.3, -0.25) is 4.90 Å². The van der Waals surface area contributed by atoms with Crippen LogP contribution >= 0.6 is 0 Å². The van der Waals surface area contributed by atoms with Crippen molar-refractivity contribution in [2.75, 3.05) is 6.54 Å². The van der Waals surface area contributed by atoms with Crippen LogP contribution in [0.15, 0.2) is 48.6 Å². The molecule has 0 heterocycles. The summed E-state index contributed by atoms with van der Waals surface area (Å²) in [5, 5.41) is 0. The van der Waals surface area contributed by atoms with E-state index in [-0.39, 0.29) is 0 Å². The quantitative estimate of drug-likeness (QED) is 0.607. The first kappa shape index (κ1) is 16.3. The maximum Gasteiger partial charge on any atom is 0.00414 e. The fourth-order valence-corrected chi connectivity index (χ4v) is 3.53. The average molecular weight is 285 g/mol. The van der Waals surface area contributed by atoms with Gasteiger partial charge in [0, 0.05) is 18.6 Å². The smallest absolute Gasteiger partial charge is 0.00414 e. The zero-order chi connectivity index (χ0) is 15.2. The molecule has 1 unspecified atom stereocenters. The third kappa shape index (κ3) is 4.71. The molecule has 2 aliphatic carbocycles. The van der Waals surface area contributed by atoms with Crippen LogP contribution in [-0.4, -0.2) is 23.5 Å². The fourth-order valence-electron chi connectivity index (χ4n) is 3.53. The van der Waals surface area contributed by atoms with E-state index < -0.39 is 0 Å². The van der Waals surface area contributed by atoms with Crippen LogP contribution in [0.5, 0.6) is 0 Å². The lowest BCUT2D eigenvalue weighted by molar-refractivity contribution is 0.133. The molecule has 0 aliphatic heterocycles. The molecule has 116 valence electrons. The molecule has 0 fully saturated rings. The van der Waals surface area contributed by atoms with Crippen LogP contribution in [0.1, 0.15) is 40.5 Å². The Labute approximate surface area is 131 Å².